The van der Waals surface area contributed by atoms with E-state index < -0.39 is 23.7 Å². The van der Waals surface area contributed by atoms with Crippen molar-refractivity contribution in [2.75, 3.05) is 4.90 Å². The topological polar surface area (TPSA) is 91.8 Å². The lowest BCUT2D eigenvalue weighted by Gasteiger charge is -2.42. The normalized spacial score (nSPS) is 26.0. The second kappa shape index (κ2) is 9.09. The molecule has 4 aliphatic rings. The van der Waals surface area contributed by atoms with Gasteiger partial charge in [-0.1, -0.05) is 42.0 Å². The Labute approximate surface area is 244 Å². The molecule has 3 aliphatic carbocycles. The van der Waals surface area contributed by atoms with Gasteiger partial charge in [0.15, 0.2) is 11.6 Å². The minimum atomic E-state index is -0.624. The van der Waals surface area contributed by atoms with Crippen molar-refractivity contribution in [3.63, 3.8) is 0 Å². The van der Waals surface area contributed by atoms with Crippen LogP contribution in [0.5, 0.6) is 5.75 Å². The van der Waals surface area contributed by atoms with E-state index in [0.717, 1.165) is 20.1 Å². The molecule has 0 spiro atoms. The molecule has 0 saturated carbocycles. The Morgan fingerprint density at radius 3 is 2.35 bits per heavy atom. The van der Waals surface area contributed by atoms with Crippen molar-refractivity contribution in [2.24, 2.45) is 17.8 Å². The zero-order valence-electron chi connectivity index (χ0n) is 21.6. The molecule has 6 nitrogen and oxygen atoms in total. The molecule has 3 aromatic rings. The second-order valence-corrected chi connectivity index (χ2v) is 12.2. The van der Waals surface area contributed by atoms with Gasteiger partial charge < -0.3 is 5.11 Å². The second-order valence-electron chi connectivity index (χ2n) is 10.9. The number of hydrogen-bond acceptors (Lipinski definition) is 5. The van der Waals surface area contributed by atoms with Crippen molar-refractivity contribution in [1.82, 2.24) is 0 Å². The van der Waals surface area contributed by atoms with Crippen LogP contribution in [0.15, 0.2) is 95.1 Å². The molecule has 0 radical (unpaired) electrons. The lowest BCUT2D eigenvalue weighted by molar-refractivity contribution is -0.123. The number of anilines is 1. The molecular weight excluding hydrogens is 617 g/mol. The van der Waals surface area contributed by atoms with Crippen LogP contribution in [0.1, 0.15) is 31.2 Å². The number of halogens is 1. The number of allylic oxidation sites excluding steroid dienone is 6. The van der Waals surface area contributed by atoms with Gasteiger partial charge in [0.1, 0.15) is 5.75 Å². The molecule has 1 aliphatic heterocycles. The number of carbonyl (C=O) groups is 4. The Hall–Kier alpha value is -3.85. The van der Waals surface area contributed by atoms with E-state index in [1.165, 1.54) is 11.0 Å². The summed E-state index contributed by atoms with van der Waals surface area (Å²) in [6, 6.07) is 18.2. The van der Waals surface area contributed by atoms with Crippen LogP contribution in [-0.2, 0) is 19.2 Å². The van der Waals surface area contributed by atoms with Gasteiger partial charge in [-0.15, -0.1) is 0 Å². The number of Topliss-reactive ketones (excluding diaryl/α,β-unsaturated/α-hetero) is 1. The highest BCUT2D eigenvalue weighted by molar-refractivity contribution is 14.1. The predicted molar refractivity (Wildman–Crippen MR) is 159 cm³/mol. The van der Waals surface area contributed by atoms with Crippen molar-refractivity contribution in [3.05, 3.63) is 104 Å². The van der Waals surface area contributed by atoms with Crippen molar-refractivity contribution >= 4 is 62.4 Å². The van der Waals surface area contributed by atoms with E-state index in [1.54, 1.807) is 25.1 Å². The van der Waals surface area contributed by atoms with Gasteiger partial charge in [0.2, 0.25) is 11.8 Å². The fourth-order valence-corrected chi connectivity index (χ4v) is 7.50. The Kier molecular flexibility index (Phi) is 5.71. The number of aromatic hydroxyl groups is 1. The summed E-state index contributed by atoms with van der Waals surface area (Å²) >= 11 is 2.18. The molecule has 40 heavy (non-hydrogen) atoms. The van der Waals surface area contributed by atoms with Crippen LogP contribution in [0.25, 0.3) is 10.8 Å². The highest BCUT2D eigenvalue weighted by Gasteiger charge is 2.56. The van der Waals surface area contributed by atoms with Crippen LogP contribution in [-0.4, -0.2) is 28.5 Å². The van der Waals surface area contributed by atoms with E-state index in [0.29, 0.717) is 34.2 Å². The van der Waals surface area contributed by atoms with Crippen molar-refractivity contribution in [3.8, 4) is 5.75 Å². The fourth-order valence-electron chi connectivity index (χ4n) is 7.14. The highest BCUT2D eigenvalue weighted by Crippen LogP contribution is 2.56. The molecule has 2 amide bonds. The first-order valence-electron chi connectivity index (χ1n) is 13.3. The lowest BCUT2D eigenvalue weighted by atomic mass is 9.59. The van der Waals surface area contributed by atoms with Gasteiger partial charge in [-0.05, 0) is 95.6 Å². The maximum atomic E-state index is 14.0. The maximum absolute atomic E-state index is 14.0. The highest BCUT2D eigenvalue weighted by atomic mass is 127. The third-order valence-corrected chi connectivity index (χ3v) is 9.61. The quantitative estimate of drug-likeness (QED) is 0.166. The van der Waals surface area contributed by atoms with Gasteiger partial charge in [0, 0.05) is 31.6 Å². The Bertz CT molecular complexity index is 1780. The van der Waals surface area contributed by atoms with Crippen molar-refractivity contribution in [1.29, 1.82) is 0 Å². The monoisotopic (exact) mass is 641 g/mol. The van der Waals surface area contributed by atoms with E-state index in [1.807, 2.05) is 48.5 Å². The van der Waals surface area contributed by atoms with Crippen LogP contribution >= 0.6 is 22.6 Å². The number of rotatable bonds is 2. The fraction of sp³-hybridized carbons (Fsp3) is 0.212. The van der Waals surface area contributed by atoms with Crippen LogP contribution in [0.4, 0.5) is 5.69 Å². The van der Waals surface area contributed by atoms with Gasteiger partial charge in [-0.25, -0.2) is 0 Å². The summed E-state index contributed by atoms with van der Waals surface area (Å²) in [5.74, 6) is -2.84. The Balaban J connectivity index is 1.41. The first-order valence-corrected chi connectivity index (χ1v) is 14.4. The number of ketones is 2. The number of nitrogens with zero attached hydrogens (tertiary/aromatic N) is 1. The first-order chi connectivity index (χ1) is 19.3. The number of imide groups is 1. The summed E-state index contributed by atoms with van der Waals surface area (Å²) < 4.78 is 1.00. The van der Waals surface area contributed by atoms with Crippen molar-refractivity contribution in [2.45, 2.75) is 25.7 Å². The molecule has 1 heterocycles. The summed E-state index contributed by atoms with van der Waals surface area (Å²) in [4.78, 5) is 56.0. The van der Waals surface area contributed by atoms with Crippen LogP contribution < -0.4 is 4.90 Å². The maximum Gasteiger partial charge on any atom is 0.238 e. The molecule has 7 rings (SSSR count). The minimum absolute atomic E-state index is 0.130. The van der Waals surface area contributed by atoms with E-state index in [2.05, 4.69) is 22.6 Å². The van der Waals surface area contributed by atoms with Gasteiger partial charge in [-0.2, -0.15) is 0 Å². The molecule has 3 aromatic carbocycles. The Morgan fingerprint density at radius 1 is 0.875 bits per heavy atom. The molecule has 1 fully saturated rings. The van der Waals surface area contributed by atoms with Crippen LogP contribution in [0.2, 0.25) is 0 Å². The number of amides is 2. The SMILES string of the molecule is CC1=CC(=O)C2=C(CC3C(=CCC4C(=O)N(c5ccc(I)cc5)C(=O)C43)C2c2ccc(O)c3ccccc23)C1=O. The van der Waals surface area contributed by atoms with E-state index >= 15 is 0 Å². The number of benzene rings is 3. The molecule has 4 atom stereocenters. The summed E-state index contributed by atoms with van der Waals surface area (Å²) in [5.41, 5.74) is 3.51. The summed E-state index contributed by atoms with van der Waals surface area (Å²) in [5, 5.41) is 12.0. The average molecular weight is 641 g/mol. The largest absolute Gasteiger partial charge is 0.507 e. The van der Waals surface area contributed by atoms with Crippen molar-refractivity contribution < 1.29 is 24.3 Å². The molecule has 4 unspecified atom stereocenters. The predicted octanol–water partition coefficient (Wildman–Crippen LogP) is 5.78. The summed E-state index contributed by atoms with van der Waals surface area (Å²) in [6.07, 6.45) is 4.05. The molecule has 198 valence electrons. The molecule has 1 N–H and O–H groups in total. The first kappa shape index (κ1) is 25.1. The van der Waals surface area contributed by atoms with Crippen LogP contribution in [0, 0.1) is 21.3 Å². The summed E-state index contributed by atoms with van der Waals surface area (Å²) in [6.45, 7) is 1.65. The zero-order chi connectivity index (χ0) is 27.9. The Morgan fingerprint density at radius 2 is 1.60 bits per heavy atom. The van der Waals surface area contributed by atoms with E-state index in [9.17, 15) is 24.3 Å². The van der Waals surface area contributed by atoms with E-state index in [4.69, 9.17) is 0 Å². The van der Waals surface area contributed by atoms with Crippen LogP contribution in [0.3, 0.4) is 0 Å². The molecular formula is C33H24INO5. The van der Waals surface area contributed by atoms with Gasteiger partial charge in [0.25, 0.3) is 0 Å². The minimum Gasteiger partial charge on any atom is -0.507 e. The van der Waals surface area contributed by atoms with Gasteiger partial charge in [-0.3, -0.25) is 24.1 Å². The number of phenols is 1. The van der Waals surface area contributed by atoms with E-state index in [-0.39, 0.29) is 35.6 Å². The number of phenolic OH excluding ortho intramolecular Hbond substituents is 1. The lowest BCUT2D eigenvalue weighted by Crippen LogP contribution is -2.39. The summed E-state index contributed by atoms with van der Waals surface area (Å²) in [7, 11) is 0. The third kappa shape index (κ3) is 3.53. The molecule has 1 saturated heterocycles. The molecule has 7 heteroatoms. The smallest absolute Gasteiger partial charge is 0.238 e. The van der Waals surface area contributed by atoms with Gasteiger partial charge >= 0.3 is 0 Å². The molecule has 0 bridgehead atoms. The third-order valence-electron chi connectivity index (χ3n) is 8.89. The average Bonchev–Trinajstić information content (AvgIpc) is 3.21. The van der Waals surface area contributed by atoms with Gasteiger partial charge in [0.05, 0.1) is 17.5 Å². The molecule has 0 aromatic heterocycles. The number of fused-ring (bicyclic) bond motifs is 4. The number of carbonyl (C=O) groups excluding carboxylic acids is 4. The standard InChI is InChI=1S/C33H24INO5/c1-16-14-27(37)30-25(31(16)38)15-24-22(28(30)21-12-13-26(36)20-5-3-2-4-19(20)21)10-11-23-29(24)33(40)35(32(23)39)18-8-6-17(34)7-9-18/h2-10,12-14,23-24,28-29,36H,11,15H2,1H3. The number of hydrogen-bond donors (Lipinski definition) is 1. The zero-order valence-corrected chi connectivity index (χ0v) is 23.7.